The van der Waals surface area contributed by atoms with E-state index >= 15 is 0 Å². The predicted octanol–water partition coefficient (Wildman–Crippen LogP) is 2.11. The molecule has 3 amide bonds. The maximum Gasteiger partial charge on any atom is 0.410 e. The van der Waals surface area contributed by atoms with Gasteiger partial charge in [-0.15, -0.1) is 0 Å². The van der Waals surface area contributed by atoms with Gasteiger partial charge in [0.2, 0.25) is 11.8 Å². The van der Waals surface area contributed by atoms with Crippen LogP contribution in [0.3, 0.4) is 0 Å². The van der Waals surface area contributed by atoms with E-state index in [1.54, 1.807) is 9.80 Å². The molecule has 1 aromatic rings. The Morgan fingerprint density at radius 3 is 2.48 bits per heavy atom. The van der Waals surface area contributed by atoms with E-state index in [2.05, 4.69) is 11.9 Å². The molecular weight excluding hydrogens is 346 g/mol. The monoisotopic (exact) mass is 373 g/mol. The molecule has 1 aliphatic rings. The van der Waals surface area contributed by atoms with Gasteiger partial charge in [0.15, 0.2) is 0 Å². The Labute approximate surface area is 160 Å². The molecule has 0 aliphatic carbocycles. The molecule has 0 aromatic heterocycles. The van der Waals surface area contributed by atoms with Gasteiger partial charge in [-0.05, 0) is 32.4 Å². The Hall–Kier alpha value is -2.83. The molecule has 0 saturated carbocycles. The van der Waals surface area contributed by atoms with Crippen molar-refractivity contribution in [2.24, 2.45) is 0 Å². The molecular formula is C20H27N3O4. The SMILES string of the molecule is C=CC(=O)NCC(=O)N1CCN(C(=O)OC(C)(C)C)CC1c1ccccc1. The average Bonchev–Trinajstić information content (AvgIpc) is 2.64. The van der Waals surface area contributed by atoms with Crippen LogP contribution in [0.5, 0.6) is 0 Å². The molecule has 7 heteroatoms. The van der Waals surface area contributed by atoms with Gasteiger partial charge >= 0.3 is 6.09 Å². The molecule has 1 fully saturated rings. The molecule has 146 valence electrons. The third-order valence-electron chi connectivity index (χ3n) is 4.14. The highest BCUT2D eigenvalue weighted by Gasteiger charge is 2.35. The minimum absolute atomic E-state index is 0.110. The summed E-state index contributed by atoms with van der Waals surface area (Å²) in [6, 6.07) is 9.22. The Bertz CT molecular complexity index is 697. The fourth-order valence-electron chi connectivity index (χ4n) is 2.87. The summed E-state index contributed by atoms with van der Waals surface area (Å²) < 4.78 is 5.47. The van der Waals surface area contributed by atoms with Gasteiger partial charge in [0, 0.05) is 19.6 Å². The van der Waals surface area contributed by atoms with E-state index in [1.807, 2.05) is 51.1 Å². The lowest BCUT2D eigenvalue weighted by atomic mass is 10.0. The van der Waals surface area contributed by atoms with E-state index in [-0.39, 0.29) is 18.5 Å². The van der Waals surface area contributed by atoms with Gasteiger partial charge in [0.25, 0.3) is 0 Å². The van der Waals surface area contributed by atoms with Crippen molar-refractivity contribution >= 4 is 17.9 Å². The molecule has 7 nitrogen and oxygen atoms in total. The Kier molecular flexibility index (Phi) is 6.60. The molecule has 1 N–H and O–H groups in total. The predicted molar refractivity (Wildman–Crippen MR) is 102 cm³/mol. The number of hydrogen-bond acceptors (Lipinski definition) is 4. The maximum atomic E-state index is 12.6. The van der Waals surface area contributed by atoms with Crippen molar-refractivity contribution in [3.8, 4) is 0 Å². The summed E-state index contributed by atoms with van der Waals surface area (Å²) in [7, 11) is 0. The van der Waals surface area contributed by atoms with Crippen molar-refractivity contribution in [2.45, 2.75) is 32.4 Å². The first kappa shape index (κ1) is 20.5. The molecule has 1 aromatic carbocycles. The largest absolute Gasteiger partial charge is 0.444 e. The van der Waals surface area contributed by atoms with Crippen LogP contribution < -0.4 is 5.32 Å². The Morgan fingerprint density at radius 1 is 1.22 bits per heavy atom. The average molecular weight is 373 g/mol. The summed E-state index contributed by atoms with van der Waals surface area (Å²) in [4.78, 5) is 39.8. The number of benzene rings is 1. The first-order valence-electron chi connectivity index (χ1n) is 8.94. The van der Waals surface area contributed by atoms with E-state index in [1.165, 1.54) is 0 Å². The van der Waals surface area contributed by atoms with Crippen LogP contribution in [-0.2, 0) is 14.3 Å². The Morgan fingerprint density at radius 2 is 1.89 bits per heavy atom. The second-order valence-electron chi connectivity index (χ2n) is 7.36. The van der Waals surface area contributed by atoms with Crippen LogP contribution >= 0.6 is 0 Å². The number of nitrogens with zero attached hydrogens (tertiary/aromatic N) is 2. The number of amides is 3. The molecule has 0 spiro atoms. The summed E-state index contributed by atoms with van der Waals surface area (Å²) >= 11 is 0. The number of ether oxygens (including phenoxy) is 1. The van der Waals surface area contributed by atoms with Crippen molar-refractivity contribution in [1.29, 1.82) is 0 Å². The van der Waals surface area contributed by atoms with Crippen LogP contribution in [0.25, 0.3) is 0 Å². The number of carbonyl (C=O) groups is 3. The lowest BCUT2D eigenvalue weighted by molar-refractivity contribution is -0.136. The highest BCUT2D eigenvalue weighted by molar-refractivity contribution is 5.91. The number of nitrogens with one attached hydrogen (secondary N) is 1. The summed E-state index contributed by atoms with van der Waals surface area (Å²) in [5.74, 6) is -0.602. The molecule has 1 unspecified atom stereocenters. The molecule has 27 heavy (non-hydrogen) atoms. The number of rotatable bonds is 4. The second-order valence-corrected chi connectivity index (χ2v) is 7.36. The Balaban J connectivity index is 2.15. The van der Waals surface area contributed by atoms with Crippen LogP contribution in [0.2, 0.25) is 0 Å². The zero-order valence-electron chi connectivity index (χ0n) is 16.1. The summed E-state index contributed by atoms with van der Waals surface area (Å²) in [6.45, 7) is 9.80. The van der Waals surface area contributed by atoms with E-state index in [4.69, 9.17) is 4.74 Å². The topological polar surface area (TPSA) is 79.0 Å². The van der Waals surface area contributed by atoms with Crippen molar-refractivity contribution in [3.63, 3.8) is 0 Å². The summed E-state index contributed by atoms with van der Waals surface area (Å²) in [5, 5.41) is 2.51. The third-order valence-corrected chi connectivity index (χ3v) is 4.14. The fraction of sp³-hybridized carbons (Fsp3) is 0.450. The first-order chi connectivity index (χ1) is 12.7. The highest BCUT2D eigenvalue weighted by atomic mass is 16.6. The van der Waals surface area contributed by atoms with Gasteiger partial charge in [-0.2, -0.15) is 0 Å². The molecule has 2 rings (SSSR count). The fourth-order valence-corrected chi connectivity index (χ4v) is 2.87. The van der Waals surface area contributed by atoms with Crippen LogP contribution in [0.4, 0.5) is 4.79 Å². The van der Waals surface area contributed by atoms with E-state index < -0.39 is 17.6 Å². The van der Waals surface area contributed by atoms with Gasteiger partial charge in [0.1, 0.15) is 5.60 Å². The number of hydrogen-bond donors (Lipinski definition) is 1. The first-order valence-corrected chi connectivity index (χ1v) is 8.94. The van der Waals surface area contributed by atoms with E-state index in [0.717, 1.165) is 11.6 Å². The minimum atomic E-state index is -0.582. The van der Waals surface area contributed by atoms with Gasteiger partial charge in [-0.25, -0.2) is 4.79 Å². The van der Waals surface area contributed by atoms with Gasteiger partial charge in [-0.1, -0.05) is 36.9 Å². The smallest absolute Gasteiger partial charge is 0.410 e. The zero-order chi connectivity index (χ0) is 20.0. The van der Waals surface area contributed by atoms with Gasteiger partial charge in [-0.3, -0.25) is 9.59 Å². The van der Waals surface area contributed by atoms with Crippen LogP contribution in [0.15, 0.2) is 43.0 Å². The number of piperazine rings is 1. The normalized spacial score (nSPS) is 17.2. The summed E-state index contributed by atoms with van der Waals surface area (Å²) in [6.07, 6.45) is 0.734. The van der Waals surface area contributed by atoms with Crippen LogP contribution in [0, 0.1) is 0 Å². The highest BCUT2D eigenvalue weighted by Crippen LogP contribution is 2.26. The lowest BCUT2D eigenvalue weighted by Crippen LogP contribution is -2.54. The second kappa shape index (κ2) is 8.70. The molecule has 1 saturated heterocycles. The molecule has 1 aliphatic heterocycles. The lowest BCUT2D eigenvalue weighted by Gasteiger charge is -2.42. The van der Waals surface area contributed by atoms with Crippen LogP contribution in [0.1, 0.15) is 32.4 Å². The quantitative estimate of drug-likeness (QED) is 0.820. The van der Waals surface area contributed by atoms with Crippen LogP contribution in [-0.4, -0.2) is 59.5 Å². The standard InChI is InChI=1S/C20H27N3O4/c1-5-17(24)21-13-18(25)23-12-11-22(19(26)27-20(2,3)4)14-16(23)15-9-7-6-8-10-15/h5-10,16H,1,11-14H2,2-4H3,(H,21,24). The van der Waals surface area contributed by atoms with E-state index in [0.29, 0.717) is 19.6 Å². The zero-order valence-corrected chi connectivity index (χ0v) is 16.1. The van der Waals surface area contributed by atoms with Gasteiger partial charge < -0.3 is 19.9 Å². The maximum absolute atomic E-state index is 12.6. The summed E-state index contributed by atoms with van der Waals surface area (Å²) in [5.41, 5.74) is 0.343. The van der Waals surface area contributed by atoms with Crippen molar-refractivity contribution in [3.05, 3.63) is 48.6 Å². The van der Waals surface area contributed by atoms with Crippen molar-refractivity contribution in [2.75, 3.05) is 26.2 Å². The molecule has 1 heterocycles. The third kappa shape index (κ3) is 5.84. The molecule has 1 atom stereocenters. The van der Waals surface area contributed by atoms with Crippen molar-refractivity contribution < 1.29 is 19.1 Å². The molecule has 0 bridgehead atoms. The molecule has 0 radical (unpaired) electrons. The van der Waals surface area contributed by atoms with E-state index in [9.17, 15) is 14.4 Å². The van der Waals surface area contributed by atoms with Crippen molar-refractivity contribution in [1.82, 2.24) is 15.1 Å². The van der Waals surface area contributed by atoms with Gasteiger partial charge in [0.05, 0.1) is 12.6 Å². The number of carbonyl (C=O) groups excluding carboxylic acids is 3. The minimum Gasteiger partial charge on any atom is -0.444 e.